The van der Waals surface area contributed by atoms with Crippen molar-refractivity contribution in [1.29, 1.82) is 0 Å². The summed E-state index contributed by atoms with van der Waals surface area (Å²) in [7, 11) is 1.75. The number of hydrogen-bond acceptors (Lipinski definition) is 1. The number of halogens is 1. The summed E-state index contributed by atoms with van der Waals surface area (Å²) in [6.07, 6.45) is 3.21. The van der Waals surface area contributed by atoms with E-state index in [9.17, 15) is 0 Å². The number of nitrogens with zero attached hydrogens (tertiary/aromatic N) is 1. The van der Waals surface area contributed by atoms with Crippen LogP contribution in [0.25, 0.3) is 10.9 Å². The Kier molecular flexibility index (Phi) is 3.64. The number of rotatable bonds is 4. The smallest absolute Gasteiger partial charge is 0.0490 e. The third-order valence-electron chi connectivity index (χ3n) is 2.48. The minimum Gasteiger partial charge on any atom is -0.385 e. The van der Waals surface area contributed by atoms with Crippen molar-refractivity contribution in [2.75, 3.05) is 13.7 Å². The van der Waals surface area contributed by atoms with Crippen molar-refractivity contribution < 1.29 is 4.74 Å². The minimum absolute atomic E-state index is 0.823. The van der Waals surface area contributed by atoms with Crippen LogP contribution in [0.2, 0.25) is 0 Å². The van der Waals surface area contributed by atoms with Crippen molar-refractivity contribution in [2.24, 2.45) is 0 Å². The summed E-state index contributed by atoms with van der Waals surface area (Å²) < 4.78 is 8.63. The Morgan fingerprint density at radius 1 is 1.33 bits per heavy atom. The van der Waals surface area contributed by atoms with Crippen molar-refractivity contribution in [1.82, 2.24) is 4.57 Å². The van der Waals surface area contributed by atoms with E-state index in [0.29, 0.717) is 0 Å². The topological polar surface area (TPSA) is 14.2 Å². The van der Waals surface area contributed by atoms with Gasteiger partial charge in [0, 0.05) is 35.5 Å². The Morgan fingerprint density at radius 3 is 3.00 bits per heavy atom. The SMILES string of the molecule is COCCCn1ccc2ccc(I)cc21. The van der Waals surface area contributed by atoms with Crippen molar-refractivity contribution in [3.8, 4) is 0 Å². The van der Waals surface area contributed by atoms with E-state index in [4.69, 9.17) is 4.74 Å². The van der Waals surface area contributed by atoms with Gasteiger partial charge in [-0.2, -0.15) is 0 Å². The van der Waals surface area contributed by atoms with Gasteiger partial charge in [-0.15, -0.1) is 0 Å². The fraction of sp³-hybridized carbons (Fsp3) is 0.333. The zero-order valence-corrected chi connectivity index (χ0v) is 10.9. The molecule has 80 valence electrons. The molecule has 2 rings (SSSR count). The number of aromatic nitrogens is 1. The zero-order valence-electron chi connectivity index (χ0n) is 8.74. The van der Waals surface area contributed by atoms with Gasteiger partial charge in [0.05, 0.1) is 0 Å². The second kappa shape index (κ2) is 4.99. The van der Waals surface area contributed by atoms with Crippen molar-refractivity contribution in [3.63, 3.8) is 0 Å². The van der Waals surface area contributed by atoms with E-state index in [0.717, 1.165) is 19.6 Å². The molecule has 0 unspecified atom stereocenters. The van der Waals surface area contributed by atoms with Crippen LogP contribution in [0.1, 0.15) is 6.42 Å². The molecule has 0 saturated carbocycles. The van der Waals surface area contributed by atoms with Gasteiger partial charge in [0.1, 0.15) is 0 Å². The molecule has 0 radical (unpaired) electrons. The van der Waals surface area contributed by atoms with Crippen LogP contribution in [-0.4, -0.2) is 18.3 Å². The summed E-state index contributed by atoms with van der Waals surface area (Å²) in [4.78, 5) is 0. The molecule has 0 aliphatic rings. The van der Waals surface area contributed by atoms with Crippen LogP contribution in [-0.2, 0) is 11.3 Å². The van der Waals surface area contributed by atoms with Crippen LogP contribution in [0.3, 0.4) is 0 Å². The van der Waals surface area contributed by atoms with Crippen LogP contribution < -0.4 is 0 Å². The lowest BCUT2D eigenvalue weighted by atomic mass is 10.2. The minimum atomic E-state index is 0.823. The maximum atomic E-state index is 5.06. The third-order valence-corrected chi connectivity index (χ3v) is 3.15. The molecule has 1 aromatic carbocycles. The lowest BCUT2D eigenvalue weighted by Crippen LogP contribution is -1.99. The van der Waals surface area contributed by atoms with E-state index in [1.807, 2.05) is 0 Å². The molecule has 0 fully saturated rings. The van der Waals surface area contributed by atoms with E-state index in [-0.39, 0.29) is 0 Å². The van der Waals surface area contributed by atoms with Gasteiger partial charge in [-0.1, -0.05) is 6.07 Å². The molecule has 2 nitrogen and oxygen atoms in total. The lowest BCUT2D eigenvalue weighted by Gasteiger charge is -2.04. The highest BCUT2D eigenvalue weighted by atomic mass is 127. The molecule has 0 spiro atoms. The van der Waals surface area contributed by atoms with Crippen LogP contribution >= 0.6 is 22.6 Å². The quantitative estimate of drug-likeness (QED) is 0.624. The zero-order chi connectivity index (χ0) is 10.7. The van der Waals surface area contributed by atoms with E-state index in [1.54, 1.807) is 7.11 Å². The summed E-state index contributed by atoms with van der Waals surface area (Å²) in [6, 6.07) is 8.70. The number of methoxy groups -OCH3 is 1. The highest BCUT2D eigenvalue weighted by Gasteiger charge is 2.00. The number of fused-ring (bicyclic) bond motifs is 1. The molecule has 0 aliphatic carbocycles. The first-order chi connectivity index (χ1) is 7.31. The Bertz CT molecular complexity index is 450. The summed E-state index contributed by atoms with van der Waals surface area (Å²) >= 11 is 2.35. The Morgan fingerprint density at radius 2 is 2.20 bits per heavy atom. The molecule has 0 aliphatic heterocycles. The first-order valence-corrected chi connectivity index (χ1v) is 6.12. The van der Waals surface area contributed by atoms with Gasteiger partial charge in [-0.3, -0.25) is 0 Å². The average molecular weight is 315 g/mol. The molecule has 0 N–H and O–H groups in total. The van der Waals surface area contributed by atoms with Crippen LogP contribution in [0.15, 0.2) is 30.5 Å². The molecule has 1 heterocycles. The Balaban J connectivity index is 2.23. The van der Waals surface area contributed by atoms with Crippen molar-refractivity contribution in [2.45, 2.75) is 13.0 Å². The fourth-order valence-electron chi connectivity index (χ4n) is 1.73. The van der Waals surface area contributed by atoms with E-state index >= 15 is 0 Å². The monoisotopic (exact) mass is 315 g/mol. The van der Waals surface area contributed by atoms with Gasteiger partial charge in [0.2, 0.25) is 0 Å². The standard InChI is InChI=1S/C12H14INO/c1-15-8-2-6-14-7-5-10-3-4-11(13)9-12(10)14/h3-5,7,9H,2,6,8H2,1H3. The fourth-order valence-corrected chi connectivity index (χ4v) is 2.21. The first-order valence-electron chi connectivity index (χ1n) is 5.04. The Hall–Kier alpha value is -0.550. The van der Waals surface area contributed by atoms with Gasteiger partial charge in [0.25, 0.3) is 0 Å². The van der Waals surface area contributed by atoms with Crippen molar-refractivity contribution in [3.05, 3.63) is 34.0 Å². The van der Waals surface area contributed by atoms with Crippen LogP contribution in [0.5, 0.6) is 0 Å². The van der Waals surface area contributed by atoms with Gasteiger partial charge in [-0.05, 0) is 52.6 Å². The second-order valence-corrected chi connectivity index (χ2v) is 4.80. The Labute approximate surface area is 103 Å². The third kappa shape index (κ3) is 2.52. The maximum Gasteiger partial charge on any atom is 0.0490 e. The van der Waals surface area contributed by atoms with Crippen LogP contribution in [0.4, 0.5) is 0 Å². The normalized spacial score (nSPS) is 11.1. The summed E-state index contributed by atoms with van der Waals surface area (Å²) in [6.45, 7) is 1.85. The predicted octanol–water partition coefficient (Wildman–Crippen LogP) is 3.28. The molecule has 3 heteroatoms. The highest BCUT2D eigenvalue weighted by molar-refractivity contribution is 14.1. The molecule has 2 aromatic rings. The first kappa shape index (κ1) is 11.0. The molecular weight excluding hydrogens is 301 g/mol. The number of ether oxygens (including phenoxy) is 1. The second-order valence-electron chi connectivity index (χ2n) is 3.56. The highest BCUT2D eigenvalue weighted by Crippen LogP contribution is 2.18. The van der Waals surface area contributed by atoms with Gasteiger partial charge in [0.15, 0.2) is 0 Å². The van der Waals surface area contributed by atoms with E-state index in [2.05, 4.69) is 57.6 Å². The maximum absolute atomic E-state index is 5.06. The van der Waals surface area contributed by atoms with E-state index in [1.165, 1.54) is 14.5 Å². The van der Waals surface area contributed by atoms with Gasteiger partial charge >= 0.3 is 0 Å². The molecule has 0 bridgehead atoms. The average Bonchev–Trinajstić information content (AvgIpc) is 2.62. The molecule has 15 heavy (non-hydrogen) atoms. The van der Waals surface area contributed by atoms with E-state index < -0.39 is 0 Å². The number of aryl methyl sites for hydroxylation is 1. The molecule has 0 atom stereocenters. The summed E-state index contributed by atoms with van der Waals surface area (Å²) in [5.41, 5.74) is 1.32. The molecule has 0 saturated heterocycles. The number of benzene rings is 1. The molecule has 1 aromatic heterocycles. The lowest BCUT2D eigenvalue weighted by molar-refractivity contribution is 0.190. The largest absolute Gasteiger partial charge is 0.385 e. The predicted molar refractivity (Wildman–Crippen MR) is 71.1 cm³/mol. The molecular formula is C12H14INO. The van der Waals surface area contributed by atoms with Crippen LogP contribution in [0, 0.1) is 3.57 Å². The summed E-state index contributed by atoms with van der Waals surface area (Å²) in [5.74, 6) is 0. The van der Waals surface area contributed by atoms with Gasteiger partial charge < -0.3 is 9.30 Å². The number of hydrogen-bond donors (Lipinski definition) is 0. The van der Waals surface area contributed by atoms with Crippen molar-refractivity contribution >= 4 is 33.5 Å². The summed E-state index contributed by atoms with van der Waals surface area (Å²) in [5, 5.41) is 1.31. The molecule has 0 amide bonds. The van der Waals surface area contributed by atoms with Gasteiger partial charge in [-0.25, -0.2) is 0 Å².